The van der Waals surface area contributed by atoms with Crippen molar-refractivity contribution in [3.63, 3.8) is 0 Å². The van der Waals surface area contributed by atoms with Gasteiger partial charge in [-0.05, 0) is 26.7 Å². The molecule has 0 aromatic carbocycles. The van der Waals surface area contributed by atoms with E-state index in [1.807, 2.05) is 24.9 Å². The van der Waals surface area contributed by atoms with Gasteiger partial charge in [0.25, 0.3) is 0 Å². The third-order valence-corrected chi connectivity index (χ3v) is 4.93. The molecule has 0 saturated carbocycles. The van der Waals surface area contributed by atoms with Crippen molar-refractivity contribution in [3.05, 3.63) is 33.8 Å². The first-order valence-corrected chi connectivity index (χ1v) is 8.15. The van der Waals surface area contributed by atoms with Crippen molar-refractivity contribution in [1.82, 2.24) is 19.9 Å². The zero-order valence-electron chi connectivity index (χ0n) is 12.4. The molecule has 5 nitrogen and oxygen atoms in total. The Morgan fingerprint density at radius 2 is 2.38 bits per heavy atom. The number of nitrogens with zero attached hydrogens (tertiary/aromatic N) is 3. The molecule has 0 radical (unpaired) electrons. The van der Waals surface area contributed by atoms with E-state index in [1.54, 1.807) is 17.5 Å². The van der Waals surface area contributed by atoms with Crippen molar-refractivity contribution in [2.45, 2.75) is 39.0 Å². The monoisotopic (exact) mass is 304 g/mol. The predicted octanol–water partition coefficient (Wildman–Crippen LogP) is 2.43. The normalized spacial score (nSPS) is 19.0. The Labute approximate surface area is 128 Å². The maximum Gasteiger partial charge on any atom is 0.228 e. The average molecular weight is 304 g/mol. The van der Waals surface area contributed by atoms with Gasteiger partial charge in [-0.15, -0.1) is 11.3 Å². The molecule has 1 amide bonds. The van der Waals surface area contributed by atoms with Crippen LogP contribution in [0.2, 0.25) is 0 Å². The lowest BCUT2D eigenvalue weighted by Gasteiger charge is -2.31. The fourth-order valence-electron chi connectivity index (χ4n) is 2.92. The van der Waals surface area contributed by atoms with Crippen LogP contribution in [0.1, 0.15) is 40.2 Å². The number of carbonyl (C=O) groups is 1. The number of aromatic nitrogens is 3. The van der Waals surface area contributed by atoms with Crippen LogP contribution >= 0.6 is 11.3 Å². The summed E-state index contributed by atoms with van der Waals surface area (Å²) in [5, 5.41) is 1.03. The number of piperidine rings is 1. The SMILES string of the molecule is Cc1nc(CC(=O)N2CCC[C@H](c3ncc[nH]3)C2)c(C)s1. The van der Waals surface area contributed by atoms with Gasteiger partial charge in [-0.2, -0.15) is 0 Å². The second-order valence-corrected chi connectivity index (χ2v) is 6.97. The molecule has 1 aliphatic heterocycles. The van der Waals surface area contributed by atoms with Gasteiger partial charge >= 0.3 is 0 Å². The Kier molecular flexibility index (Phi) is 4.05. The summed E-state index contributed by atoms with van der Waals surface area (Å²) in [5.41, 5.74) is 0.933. The largest absolute Gasteiger partial charge is 0.348 e. The van der Waals surface area contributed by atoms with Crippen molar-refractivity contribution in [2.24, 2.45) is 0 Å². The number of amides is 1. The lowest BCUT2D eigenvalue weighted by atomic mass is 9.97. The first-order chi connectivity index (χ1) is 10.1. The zero-order valence-corrected chi connectivity index (χ0v) is 13.2. The lowest BCUT2D eigenvalue weighted by Crippen LogP contribution is -2.40. The summed E-state index contributed by atoms with van der Waals surface area (Å²) in [6.45, 7) is 5.63. The highest BCUT2D eigenvalue weighted by Crippen LogP contribution is 2.25. The van der Waals surface area contributed by atoms with E-state index in [1.165, 1.54) is 0 Å². The molecule has 2 aromatic rings. The zero-order chi connectivity index (χ0) is 14.8. The van der Waals surface area contributed by atoms with Gasteiger partial charge in [-0.3, -0.25) is 4.79 Å². The van der Waals surface area contributed by atoms with Gasteiger partial charge < -0.3 is 9.88 Å². The first-order valence-electron chi connectivity index (χ1n) is 7.33. The van der Waals surface area contributed by atoms with Gasteiger partial charge in [0, 0.05) is 36.3 Å². The van der Waals surface area contributed by atoms with E-state index in [0.29, 0.717) is 12.3 Å². The Balaban J connectivity index is 1.66. The molecule has 112 valence electrons. The van der Waals surface area contributed by atoms with Crippen LogP contribution in [0.4, 0.5) is 0 Å². The Morgan fingerprint density at radius 3 is 3.05 bits per heavy atom. The molecule has 1 saturated heterocycles. The summed E-state index contributed by atoms with van der Waals surface area (Å²) in [6, 6.07) is 0. The van der Waals surface area contributed by atoms with Crippen molar-refractivity contribution in [2.75, 3.05) is 13.1 Å². The number of hydrogen-bond acceptors (Lipinski definition) is 4. The molecule has 0 spiro atoms. The maximum absolute atomic E-state index is 12.5. The van der Waals surface area contributed by atoms with Crippen LogP contribution < -0.4 is 0 Å². The summed E-state index contributed by atoms with van der Waals surface area (Å²) in [7, 11) is 0. The standard InChI is InChI=1S/C15H20N4OS/c1-10-13(18-11(2)21-10)8-14(20)19-7-3-4-12(9-19)15-16-5-6-17-15/h5-6,12H,3-4,7-9H2,1-2H3,(H,16,17)/t12-/m0/s1. The third-order valence-electron chi connectivity index (χ3n) is 4.00. The van der Waals surface area contributed by atoms with E-state index in [0.717, 1.165) is 47.3 Å². The van der Waals surface area contributed by atoms with E-state index < -0.39 is 0 Å². The summed E-state index contributed by atoms with van der Waals surface area (Å²) in [5.74, 6) is 1.50. The van der Waals surface area contributed by atoms with Crippen LogP contribution in [0, 0.1) is 13.8 Å². The quantitative estimate of drug-likeness (QED) is 0.947. The predicted molar refractivity (Wildman–Crippen MR) is 82.4 cm³/mol. The van der Waals surface area contributed by atoms with Gasteiger partial charge in [0.2, 0.25) is 5.91 Å². The first kappa shape index (κ1) is 14.3. The summed E-state index contributed by atoms with van der Waals surface area (Å²) >= 11 is 1.66. The second kappa shape index (κ2) is 5.97. The van der Waals surface area contributed by atoms with Crippen molar-refractivity contribution in [3.8, 4) is 0 Å². The molecular weight excluding hydrogens is 284 g/mol. The van der Waals surface area contributed by atoms with Crippen LogP contribution in [0.15, 0.2) is 12.4 Å². The molecule has 2 aromatic heterocycles. The van der Waals surface area contributed by atoms with E-state index in [-0.39, 0.29) is 5.91 Å². The number of nitrogens with one attached hydrogen (secondary N) is 1. The maximum atomic E-state index is 12.5. The van der Waals surface area contributed by atoms with E-state index >= 15 is 0 Å². The third kappa shape index (κ3) is 3.15. The number of aromatic amines is 1. The van der Waals surface area contributed by atoms with Crippen LogP contribution in [-0.2, 0) is 11.2 Å². The number of likely N-dealkylation sites (tertiary alicyclic amines) is 1. The molecule has 0 unspecified atom stereocenters. The van der Waals surface area contributed by atoms with Gasteiger partial charge in [0.05, 0.1) is 17.1 Å². The van der Waals surface area contributed by atoms with Crippen LogP contribution in [0.5, 0.6) is 0 Å². The molecule has 1 aliphatic rings. The average Bonchev–Trinajstić information content (AvgIpc) is 3.09. The van der Waals surface area contributed by atoms with Gasteiger partial charge in [0.1, 0.15) is 5.82 Å². The Hall–Kier alpha value is -1.69. The fraction of sp³-hybridized carbons (Fsp3) is 0.533. The van der Waals surface area contributed by atoms with E-state index in [2.05, 4.69) is 15.0 Å². The summed E-state index contributed by atoms with van der Waals surface area (Å²) < 4.78 is 0. The number of imidazole rings is 1. The number of carbonyl (C=O) groups excluding carboxylic acids is 1. The highest BCUT2D eigenvalue weighted by Gasteiger charge is 2.26. The number of thiazole rings is 1. The molecule has 6 heteroatoms. The minimum atomic E-state index is 0.180. The van der Waals surface area contributed by atoms with E-state index in [9.17, 15) is 4.79 Å². The molecule has 3 heterocycles. The second-order valence-electron chi connectivity index (χ2n) is 5.57. The number of rotatable bonds is 3. The molecule has 21 heavy (non-hydrogen) atoms. The fourth-order valence-corrected chi connectivity index (χ4v) is 3.75. The van der Waals surface area contributed by atoms with Crippen molar-refractivity contribution < 1.29 is 4.79 Å². The molecule has 1 atom stereocenters. The van der Waals surface area contributed by atoms with Crippen LogP contribution in [0.25, 0.3) is 0 Å². The molecule has 0 bridgehead atoms. The van der Waals surface area contributed by atoms with Crippen LogP contribution in [0.3, 0.4) is 0 Å². The highest BCUT2D eigenvalue weighted by atomic mass is 32.1. The topological polar surface area (TPSA) is 61.9 Å². The highest BCUT2D eigenvalue weighted by molar-refractivity contribution is 7.11. The molecular formula is C15H20N4OS. The Bertz CT molecular complexity index is 620. The lowest BCUT2D eigenvalue weighted by molar-refractivity contribution is -0.131. The smallest absolute Gasteiger partial charge is 0.228 e. The van der Waals surface area contributed by atoms with Gasteiger partial charge in [0.15, 0.2) is 0 Å². The number of H-pyrrole nitrogens is 1. The van der Waals surface area contributed by atoms with Gasteiger partial charge in [-0.1, -0.05) is 0 Å². The molecule has 1 N–H and O–H groups in total. The van der Waals surface area contributed by atoms with E-state index in [4.69, 9.17) is 0 Å². The van der Waals surface area contributed by atoms with Crippen molar-refractivity contribution in [1.29, 1.82) is 0 Å². The minimum absolute atomic E-state index is 0.180. The number of hydrogen-bond donors (Lipinski definition) is 1. The van der Waals surface area contributed by atoms with Crippen LogP contribution in [-0.4, -0.2) is 38.8 Å². The molecule has 1 fully saturated rings. The van der Waals surface area contributed by atoms with Crippen molar-refractivity contribution >= 4 is 17.2 Å². The van der Waals surface area contributed by atoms with Gasteiger partial charge in [-0.25, -0.2) is 9.97 Å². The minimum Gasteiger partial charge on any atom is -0.348 e. The Morgan fingerprint density at radius 1 is 1.52 bits per heavy atom. The summed E-state index contributed by atoms with van der Waals surface area (Å²) in [6.07, 6.45) is 6.16. The summed E-state index contributed by atoms with van der Waals surface area (Å²) in [4.78, 5) is 27.6. The number of aryl methyl sites for hydroxylation is 2. The molecule has 0 aliphatic carbocycles. The molecule has 3 rings (SSSR count).